The number of rotatable bonds is 15. The van der Waals surface area contributed by atoms with E-state index in [0.717, 1.165) is 22.7 Å². The number of hydrogen-bond acceptors (Lipinski definition) is 6. The summed E-state index contributed by atoms with van der Waals surface area (Å²) in [5.74, 6) is 0.135. The van der Waals surface area contributed by atoms with Crippen molar-refractivity contribution in [3.8, 4) is 11.5 Å². The average Bonchev–Trinajstić information content (AvgIpc) is 2.99. The van der Waals surface area contributed by atoms with Crippen molar-refractivity contribution in [1.29, 1.82) is 0 Å². The van der Waals surface area contributed by atoms with Gasteiger partial charge < -0.3 is 19.7 Å². The molecule has 2 amide bonds. The van der Waals surface area contributed by atoms with Gasteiger partial charge in [-0.3, -0.25) is 13.9 Å². The molecular weight excluding hydrogens is 542 g/mol. The van der Waals surface area contributed by atoms with Gasteiger partial charge in [-0.1, -0.05) is 55.8 Å². The summed E-state index contributed by atoms with van der Waals surface area (Å²) in [5, 5.41) is 2.88. The van der Waals surface area contributed by atoms with Crippen LogP contribution in [0, 0.1) is 0 Å². The Balaban J connectivity index is 2.03. The van der Waals surface area contributed by atoms with Gasteiger partial charge in [0, 0.05) is 13.1 Å². The molecule has 3 aromatic rings. The molecular formula is C31H39N3O6S. The van der Waals surface area contributed by atoms with Gasteiger partial charge >= 0.3 is 0 Å². The number of amides is 2. The fraction of sp³-hybridized carbons (Fsp3) is 0.355. The Morgan fingerprint density at radius 3 is 2.22 bits per heavy atom. The molecule has 0 spiro atoms. The summed E-state index contributed by atoms with van der Waals surface area (Å²) < 4.78 is 40.0. The highest BCUT2D eigenvalue weighted by Gasteiger charge is 2.33. The molecule has 0 radical (unpaired) electrons. The van der Waals surface area contributed by atoms with E-state index in [4.69, 9.17) is 9.47 Å². The lowest BCUT2D eigenvalue weighted by molar-refractivity contribution is -0.139. The number of benzene rings is 3. The number of carbonyl (C=O) groups is 2. The first kappa shape index (κ1) is 31.5. The summed E-state index contributed by atoms with van der Waals surface area (Å²) in [6.45, 7) is 5.82. The molecule has 0 fully saturated rings. The van der Waals surface area contributed by atoms with Gasteiger partial charge in [-0.15, -0.1) is 0 Å². The van der Waals surface area contributed by atoms with E-state index in [2.05, 4.69) is 5.32 Å². The van der Waals surface area contributed by atoms with Crippen molar-refractivity contribution < 1.29 is 27.5 Å². The third-order valence-electron chi connectivity index (χ3n) is 6.55. The SMILES string of the molecule is CCCCNC(=O)[C@H](C)N(Cc1ccc(OC)cc1)C(=O)CN(c1ccccc1OCC)S(=O)(=O)c1ccccc1. The van der Waals surface area contributed by atoms with Gasteiger partial charge in [-0.25, -0.2) is 8.42 Å². The van der Waals surface area contributed by atoms with Crippen molar-refractivity contribution in [1.82, 2.24) is 10.2 Å². The van der Waals surface area contributed by atoms with Crippen molar-refractivity contribution in [3.05, 3.63) is 84.4 Å². The zero-order valence-electron chi connectivity index (χ0n) is 24.1. The number of carbonyl (C=O) groups excluding carboxylic acids is 2. The number of para-hydroxylation sites is 2. The number of unbranched alkanes of at least 4 members (excludes halogenated alkanes) is 1. The maximum Gasteiger partial charge on any atom is 0.264 e. The fourth-order valence-electron chi connectivity index (χ4n) is 4.22. The molecule has 0 aliphatic carbocycles. The number of sulfonamides is 1. The quantitative estimate of drug-likeness (QED) is 0.263. The summed E-state index contributed by atoms with van der Waals surface area (Å²) in [5.41, 5.74) is 0.996. The third kappa shape index (κ3) is 8.23. The molecule has 3 rings (SSSR count). The minimum Gasteiger partial charge on any atom is -0.497 e. The van der Waals surface area contributed by atoms with Gasteiger partial charge in [-0.05, 0) is 62.2 Å². The van der Waals surface area contributed by atoms with Gasteiger partial charge in [0.25, 0.3) is 10.0 Å². The summed E-state index contributed by atoms with van der Waals surface area (Å²) >= 11 is 0. The number of nitrogens with zero attached hydrogens (tertiary/aromatic N) is 2. The lowest BCUT2D eigenvalue weighted by atomic mass is 10.1. The topological polar surface area (TPSA) is 105 Å². The molecule has 0 unspecified atom stereocenters. The maximum atomic E-state index is 14.1. The molecule has 9 nitrogen and oxygen atoms in total. The van der Waals surface area contributed by atoms with Crippen molar-refractivity contribution in [2.24, 2.45) is 0 Å². The van der Waals surface area contributed by atoms with E-state index in [1.165, 1.54) is 17.0 Å². The predicted molar refractivity (Wildman–Crippen MR) is 160 cm³/mol. The minimum absolute atomic E-state index is 0.0335. The second kappa shape index (κ2) is 15.1. The summed E-state index contributed by atoms with van der Waals surface area (Å²) in [6.07, 6.45) is 1.72. The second-order valence-electron chi connectivity index (χ2n) is 9.42. The molecule has 1 atom stereocenters. The molecule has 0 heterocycles. The molecule has 0 aliphatic rings. The number of ether oxygens (including phenoxy) is 2. The van der Waals surface area contributed by atoms with Gasteiger partial charge in [0.2, 0.25) is 11.8 Å². The molecule has 41 heavy (non-hydrogen) atoms. The zero-order chi connectivity index (χ0) is 29.8. The Morgan fingerprint density at radius 1 is 0.927 bits per heavy atom. The smallest absolute Gasteiger partial charge is 0.264 e. The molecule has 10 heteroatoms. The van der Waals surface area contributed by atoms with Gasteiger partial charge in [0.05, 0.1) is 24.3 Å². The number of nitrogens with one attached hydrogen (secondary N) is 1. The van der Waals surface area contributed by atoms with E-state index >= 15 is 0 Å². The molecule has 220 valence electrons. The third-order valence-corrected chi connectivity index (χ3v) is 8.33. The van der Waals surface area contributed by atoms with Gasteiger partial charge in [0.1, 0.15) is 24.1 Å². The normalized spacial score (nSPS) is 11.8. The first-order chi connectivity index (χ1) is 19.7. The Kier molecular flexibility index (Phi) is 11.6. The van der Waals surface area contributed by atoms with Crippen LogP contribution >= 0.6 is 0 Å². The Hall–Kier alpha value is -4.05. The van der Waals surface area contributed by atoms with Crippen LogP contribution in [0.25, 0.3) is 0 Å². The van der Waals surface area contributed by atoms with E-state index < -0.39 is 28.5 Å². The highest BCUT2D eigenvalue weighted by molar-refractivity contribution is 7.92. The van der Waals surface area contributed by atoms with Crippen LogP contribution in [0.4, 0.5) is 5.69 Å². The van der Waals surface area contributed by atoms with E-state index in [1.807, 2.05) is 19.1 Å². The van der Waals surface area contributed by atoms with Gasteiger partial charge in [-0.2, -0.15) is 0 Å². The Morgan fingerprint density at radius 2 is 1.59 bits per heavy atom. The second-order valence-corrected chi connectivity index (χ2v) is 11.3. The number of methoxy groups -OCH3 is 1. The Bertz CT molecular complexity index is 1380. The van der Waals surface area contributed by atoms with E-state index in [-0.39, 0.29) is 23.0 Å². The van der Waals surface area contributed by atoms with Crippen LogP contribution < -0.4 is 19.1 Å². The van der Waals surface area contributed by atoms with Crippen LogP contribution in [0.3, 0.4) is 0 Å². The molecule has 0 bridgehead atoms. The van der Waals surface area contributed by atoms with E-state index in [1.54, 1.807) is 75.6 Å². The van der Waals surface area contributed by atoms with Crippen LogP contribution in [0.5, 0.6) is 11.5 Å². The lowest BCUT2D eigenvalue weighted by Crippen LogP contribution is -2.51. The number of anilines is 1. The highest BCUT2D eigenvalue weighted by atomic mass is 32.2. The molecule has 0 saturated carbocycles. The van der Waals surface area contributed by atoms with E-state index in [0.29, 0.717) is 24.7 Å². The molecule has 0 saturated heterocycles. The van der Waals surface area contributed by atoms with Crippen molar-refractivity contribution in [2.75, 3.05) is 31.1 Å². The highest BCUT2D eigenvalue weighted by Crippen LogP contribution is 2.33. The molecule has 1 N–H and O–H groups in total. The first-order valence-corrected chi connectivity index (χ1v) is 15.2. The number of hydrogen-bond donors (Lipinski definition) is 1. The first-order valence-electron chi connectivity index (χ1n) is 13.7. The fourth-order valence-corrected chi connectivity index (χ4v) is 5.67. The monoisotopic (exact) mass is 581 g/mol. The largest absolute Gasteiger partial charge is 0.497 e. The molecule has 0 aromatic heterocycles. The lowest BCUT2D eigenvalue weighted by Gasteiger charge is -2.32. The Labute approximate surface area is 243 Å². The standard InChI is InChI=1S/C31H39N3O6S/c1-5-7-21-32-31(36)24(3)33(22-25-17-19-26(39-4)20-18-25)30(35)23-34(28-15-11-12-16-29(28)40-6-2)41(37,38)27-13-9-8-10-14-27/h8-20,24H,5-7,21-23H2,1-4H3,(H,32,36)/t24-/m0/s1. The van der Waals surface area contributed by atoms with Gasteiger partial charge in [0.15, 0.2) is 0 Å². The van der Waals surface area contributed by atoms with Crippen LogP contribution in [-0.2, 0) is 26.2 Å². The van der Waals surface area contributed by atoms with Crippen molar-refractivity contribution in [3.63, 3.8) is 0 Å². The average molecular weight is 582 g/mol. The van der Waals surface area contributed by atoms with E-state index in [9.17, 15) is 18.0 Å². The maximum absolute atomic E-state index is 14.1. The summed E-state index contributed by atoms with van der Waals surface area (Å²) in [7, 11) is -2.62. The van der Waals surface area contributed by atoms with Crippen LogP contribution in [0.15, 0.2) is 83.8 Å². The van der Waals surface area contributed by atoms with Crippen LogP contribution in [0.1, 0.15) is 39.2 Å². The molecule has 0 aliphatic heterocycles. The predicted octanol–water partition coefficient (Wildman–Crippen LogP) is 4.62. The van der Waals surface area contributed by atoms with Crippen LogP contribution in [0.2, 0.25) is 0 Å². The minimum atomic E-state index is -4.18. The van der Waals surface area contributed by atoms with Crippen molar-refractivity contribution in [2.45, 2.75) is 51.1 Å². The van der Waals surface area contributed by atoms with Crippen LogP contribution in [-0.4, -0.2) is 58.0 Å². The molecule has 3 aromatic carbocycles. The summed E-state index contributed by atoms with van der Waals surface area (Å²) in [4.78, 5) is 28.6. The summed E-state index contributed by atoms with van der Waals surface area (Å²) in [6, 6.07) is 20.9. The zero-order valence-corrected chi connectivity index (χ0v) is 24.9. The van der Waals surface area contributed by atoms with Crippen molar-refractivity contribution >= 4 is 27.5 Å².